The Hall–Kier alpha value is -2.74. The first-order chi connectivity index (χ1) is 13.0. The highest BCUT2D eigenvalue weighted by molar-refractivity contribution is 5.98. The summed E-state index contributed by atoms with van der Waals surface area (Å²) in [5, 5.41) is 12.7. The van der Waals surface area contributed by atoms with Gasteiger partial charge in [0.05, 0.1) is 12.5 Å². The monoisotopic (exact) mass is 391 g/mol. The molecular formula is C20H26FN3O4. The molecule has 1 aromatic rings. The number of nitrogens with one attached hydrogen (secondary N) is 1. The summed E-state index contributed by atoms with van der Waals surface area (Å²) in [7, 11) is 0. The van der Waals surface area contributed by atoms with E-state index >= 15 is 0 Å². The maximum atomic E-state index is 13.2. The molecule has 0 radical (unpaired) electrons. The molecule has 1 aliphatic rings. The summed E-state index contributed by atoms with van der Waals surface area (Å²) >= 11 is 0. The largest absolute Gasteiger partial charge is 0.326 e. The summed E-state index contributed by atoms with van der Waals surface area (Å²) in [6.45, 7) is 9.42. The van der Waals surface area contributed by atoms with Crippen LogP contribution in [0.15, 0.2) is 36.4 Å². The average molecular weight is 391 g/mol. The molecule has 1 fully saturated rings. The summed E-state index contributed by atoms with van der Waals surface area (Å²) in [4.78, 5) is 38.2. The Bertz CT molecular complexity index is 758. The van der Waals surface area contributed by atoms with Gasteiger partial charge in [-0.3, -0.25) is 19.6 Å². The molecule has 1 heterocycles. The van der Waals surface area contributed by atoms with Crippen LogP contribution in [0.2, 0.25) is 0 Å². The van der Waals surface area contributed by atoms with E-state index in [4.69, 9.17) is 0 Å². The number of halogens is 1. The maximum absolute atomic E-state index is 13.2. The van der Waals surface area contributed by atoms with E-state index in [1.807, 2.05) is 20.8 Å². The molecule has 0 saturated carbocycles. The molecule has 0 spiro atoms. The van der Waals surface area contributed by atoms with Gasteiger partial charge in [0.1, 0.15) is 11.9 Å². The van der Waals surface area contributed by atoms with E-state index in [0.717, 1.165) is 5.57 Å². The van der Waals surface area contributed by atoms with E-state index in [9.17, 15) is 24.0 Å². The number of hydroxylamine groups is 2. The van der Waals surface area contributed by atoms with Crippen molar-refractivity contribution in [3.63, 3.8) is 0 Å². The zero-order valence-corrected chi connectivity index (χ0v) is 16.3. The van der Waals surface area contributed by atoms with Gasteiger partial charge in [-0.2, -0.15) is 0 Å². The Morgan fingerprint density at radius 2 is 2.00 bits per heavy atom. The Morgan fingerprint density at radius 3 is 2.54 bits per heavy atom. The summed E-state index contributed by atoms with van der Waals surface area (Å²) in [5.41, 5.74) is 0.603. The van der Waals surface area contributed by atoms with E-state index in [1.54, 1.807) is 0 Å². The van der Waals surface area contributed by atoms with Crippen LogP contribution in [-0.4, -0.2) is 52.5 Å². The van der Waals surface area contributed by atoms with Crippen molar-refractivity contribution < 1.29 is 24.0 Å². The SMILES string of the molecule is C=C1CC(C(=O)Nc2ccc(F)cc2)N(C(=O)C(CN(O)C=O)C(C)(C)C)C1. The molecule has 28 heavy (non-hydrogen) atoms. The predicted octanol–water partition coefficient (Wildman–Crippen LogP) is 2.43. The number of carbonyl (C=O) groups is 3. The molecule has 0 aliphatic carbocycles. The molecule has 7 nitrogen and oxygen atoms in total. The minimum Gasteiger partial charge on any atom is -0.326 e. The first-order valence-corrected chi connectivity index (χ1v) is 8.97. The number of anilines is 1. The Labute approximate surface area is 163 Å². The van der Waals surface area contributed by atoms with Gasteiger partial charge in [0.25, 0.3) is 0 Å². The number of hydrogen-bond donors (Lipinski definition) is 2. The lowest BCUT2D eigenvalue weighted by Gasteiger charge is -2.35. The Balaban J connectivity index is 2.21. The van der Waals surface area contributed by atoms with Gasteiger partial charge in [-0.25, -0.2) is 9.45 Å². The van der Waals surface area contributed by atoms with Crippen LogP contribution in [0.4, 0.5) is 10.1 Å². The van der Waals surface area contributed by atoms with Crippen LogP contribution in [0, 0.1) is 17.2 Å². The van der Waals surface area contributed by atoms with Crippen LogP contribution in [0.3, 0.4) is 0 Å². The number of likely N-dealkylation sites (tertiary alicyclic amines) is 1. The minimum absolute atomic E-state index is 0.179. The molecule has 1 aromatic carbocycles. The zero-order chi connectivity index (χ0) is 21.1. The van der Waals surface area contributed by atoms with E-state index in [2.05, 4.69) is 11.9 Å². The molecule has 1 saturated heterocycles. The number of carbonyl (C=O) groups excluding carboxylic acids is 3. The van der Waals surface area contributed by atoms with E-state index in [1.165, 1.54) is 29.2 Å². The molecule has 152 valence electrons. The molecule has 2 atom stereocenters. The van der Waals surface area contributed by atoms with Crippen LogP contribution in [0.1, 0.15) is 27.2 Å². The van der Waals surface area contributed by atoms with Gasteiger partial charge in [0, 0.05) is 12.2 Å². The van der Waals surface area contributed by atoms with Gasteiger partial charge in [-0.05, 0) is 36.1 Å². The zero-order valence-electron chi connectivity index (χ0n) is 16.3. The highest BCUT2D eigenvalue weighted by Gasteiger charge is 2.42. The fourth-order valence-corrected chi connectivity index (χ4v) is 3.18. The number of benzene rings is 1. The van der Waals surface area contributed by atoms with Crippen molar-refractivity contribution in [2.45, 2.75) is 33.2 Å². The fraction of sp³-hybridized carbons (Fsp3) is 0.450. The third-order valence-corrected chi connectivity index (χ3v) is 4.78. The summed E-state index contributed by atoms with van der Waals surface area (Å²) in [5.74, 6) is -1.87. The molecule has 2 rings (SSSR count). The second kappa shape index (κ2) is 8.52. The van der Waals surface area contributed by atoms with E-state index < -0.39 is 29.1 Å². The molecule has 3 amide bonds. The molecule has 0 aromatic heterocycles. The van der Waals surface area contributed by atoms with Crippen molar-refractivity contribution in [1.29, 1.82) is 0 Å². The summed E-state index contributed by atoms with van der Waals surface area (Å²) in [6, 6.07) is 4.58. The first-order valence-electron chi connectivity index (χ1n) is 8.97. The molecular weight excluding hydrogens is 365 g/mol. The van der Waals surface area contributed by atoms with Crippen LogP contribution < -0.4 is 5.32 Å². The van der Waals surface area contributed by atoms with E-state index in [0.29, 0.717) is 17.2 Å². The standard InChI is InChI=1S/C20H26FN3O4/c1-13-9-17(18(26)22-15-7-5-14(21)6-8-15)24(10-13)19(27)16(20(2,3)4)11-23(28)12-25/h5-8,12,16-17,28H,1,9-11H2,2-4H3,(H,22,26). The maximum Gasteiger partial charge on any atom is 0.247 e. The number of amides is 3. The van der Waals surface area contributed by atoms with Crippen LogP contribution in [-0.2, 0) is 14.4 Å². The second-order valence-corrected chi connectivity index (χ2v) is 8.08. The number of rotatable bonds is 6. The average Bonchev–Trinajstić information content (AvgIpc) is 3.01. The predicted molar refractivity (Wildman–Crippen MR) is 102 cm³/mol. The summed E-state index contributed by atoms with van der Waals surface area (Å²) in [6.07, 6.45) is 0.555. The third kappa shape index (κ3) is 5.16. The highest BCUT2D eigenvalue weighted by atomic mass is 19.1. The van der Waals surface area contributed by atoms with Gasteiger partial charge < -0.3 is 10.2 Å². The summed E-state index contributed by atoms with van der Waals surface area (Å²) < 4.78 is 13.1. The molecule has 2 N–H and O–H groups in total. The van der Waals surface area contributed by atoms with Crippen molar-refractivity contribution in [3.8, 4) is 0 Å². The van der Waals surface area contributed by atoms with Crippen molar-refractivity contribution >= 4 is 23.9 Å². The lowest BCUT2D eigenvalue weighted by atomic mass is 9.79. The highest BCUT2D eigenvalue weighted by Crippen LogP contribution is 2.32. The minimum atomic E-state index is -0.765. The van der Waals surface area contributed by atoms with Gasteiger partial charge in [0.15, 0.2) is 0 Å². The van der Waals surface area contributed by atoms with Crippen molar-refractivity contribution in [2.75, 3.05) is 18.4 Å². The normalized spacial score (nSPS) is 18.0. The van der Waals surface area contributed by atoms with E-state index in [-0.39, 0.29) is 25.4 Å². The quantitative estimate of drug-likeness (QED) is 0.337. The van der Waals surface area contributed by atoms with Crippen LogP contribution in [0.5, 0.6) is 0 Å². The fourth-order valence-electron chi connectivity index (χ4n) is 3.18. The van der Waals surface area contributed by atoms with Crippen molar-refractivity contribution in [3.05, 3.63) is 42.2 Å². The lowest BCUT2D eigenvalue weighted by Crippen LogP contribution is -2.50. The van der Waals surface area contributed by atoms with Gasteiger partial charge in [-0.1, -0.05) is 32.9 Å². The Morgan fingerprint density at radius 1 is 1.39 bits per heavy atom. The van der Waals surface area contributed by atoms with Gasteiger partial charge >= 0.3 is 0 Å². The molecule has 8 heteroatoms. The number of hydrogen-bond acceptors (Lipinski definition) is 4. The number of nitrogens with zero attached hydrogens (tertiary/aromatic N) is 2. The third-order valence-electron chi connectivity index (χ3n) is 4.78. The van der Waals surface area contributed by atoms with Crippen molar-refractivity contribution in [1.82, 2.24) is 9.96 Å². The lowest BCUT2D eigenvalue weighted by molar-refractivity contribution is -0.161. The van der Waals surface area contributed by atoms with Crippen LogP contribution >= 0.6 is 0 Å². The van der Waals surface area contributed by atoms with Gasteiger partial charge in [-0.15, -0.1) is 0 Å². The molecule has 1 aliphatic heterocycles. The molecule has 0 bridgehead atoms. The first kappa shape index (κ1) is 21.6. The van der Waals surface area contributed by atoms with Crippen LogP contribution in [0.25, 0.3) is 0 Å². The van der Waals surface area contributed by atoms with Crippen molar-refractivity contribution in [2.24, 2.45) is 11.3 Å². The topological polar surface area (TPSA) is 90.0 Å². The molecule has 2 unspecified atom stereocenters. The smallest absolute Gasteiger partial charge is 0.247 e. The van der Waals surface area contributed by atoms with Gasteiger partial charge in [0.2, 0.25) is 18.2 Å². The Kier molecular flexibility index (Phi) is 6.56. The second-order valence-electron chi connectivity index (χ2n) is 8.08.